The molecule has 0 saturated heterocycles. The van der Waals surface area contributed by atoms with E-state index in [1.807, 2.05) is 42.5 Å². The summed E-state index contributed by atoms with van der Waals surface area (Å²) >= 11 is 1.30. The SMILES string of the molecule is O=C(CSc1n[nH]c(/C=C/c2ccco2)n1)NCCc1ccccc1. The van der Waals surface area contributed by atoms with Gasteiger partial charge in [0.15, 0.2) is 0 Å². The molecule has 0 saturated carbocycles. The molecule has 0 radical (unpaired) electrons. The number of carbonyl (C=O) groups is 1. The van der Waals surface area contributed by atoms with Crippen molar-refractivity contribution in [1.29, 1.82) is 0 Å². The molecule has 0 aliphatic rings. The van der Waals surface area contributed by atoms with Gasteiger partial charge >= 0.3 is 0 Å². The molecule has 0 aliphatic heterocycles. The fourth-order valence-corrected chi connectivity index (χ4v) is 2.75. The van der Waals surface area contributed by atoms with Gasteiger partial charge in [0.05, 0.1) is 12.0 Å². The number of carbonyl (C=O) groups excluding carboxylic acids is 1. The number of amides is 1. The molecule has 0 bridgehead atoms. The van der Waals surface area contributed by atoms with Crippen LogP contribution in [0.4, 0.5) is 0 Å². The third-order valence-corrected chi connectivity index (χ3v) is 4.19. The summed E-state index contributed by atoms with van der Waals surface area (Å²) in [4.78, 5) is 16.2. The lowest BCUT2D eigenvalue weighted by Gasteiger charge is -2.04. The van der Waals surface area contributed by atoms with E-state index in [-0.39, 0.29) is 11.7 Å². The van der Waals surface area contributed by atoms with Crippen molar-refractivity contribution in [2.24, 2.45) is 0 Å². The third kappa shape index (κ3) is 5.65. The lowest BCUT2D eigenvalue weighted by atomic mass is 10.1. The predicted molar refractivity (Wildman–Crippen MR) is 97.9 cm³/mol. The molecule has 1 amide bonds. The average Bonchev–Trinajstić information content (AvgIpc) is 3.31. The van der Waals surface area contributed by atoms with E-state index in [1.54, 1.807) is 18.4 Å². The molecule has 128 valence electrons. The van der Waals surface area contributed by atoms with Crippen LogP contribution in [0.2, 0.25) is 0 Å². The van der Waals surface area contributed by atoms with E-state index in [0.29, 0.717) is 17.5 Å². The van der Waals surface area contributed by atoms with Gasteiger partial charge in [0.25, 0.3) is 0 Å². The first kappa shape index (κ1) is 17.0. The maximum Gasteiger partial charge on any atom is 0.230 e. The summed E-state index contributed by atoms with van der Waals surface area (Å²) in [5.74, 6) is 1.61. The topological polar surface area (TPSA) is 83.8 Å². The van der Waals surface area contributed by atoms with E-state index in [2.05, 4.69) is 20.5 Å². The van der Waals surface area contributed by atoms with Gasteiger partial charge in [0.1, 0.15) is 11.6 Å². The molecule has 3 rings (SSSR count). The molecular formula is C18H18N4O2S. The largest absolute Gasteiger partial charge is 0.465 e. The van der Waals surface area contributed by atoms with Crippen molar-refractivity contribution < 1.29 is 9.21 Å². The molecule has 0 atom stereocenters. The van der Waals surface area contributed by atoms with Gasteiger partial charge in [-0.1, -0.05) is 42.1 Å². The van der Waals surface area contributed by atoms with Gasteiger partial charge in [-0.25, -0.2) is 4.98 Å². The third-order valence-electron chi connectivity index (χ3n) is 3.34. The first-order valence-corrected chi connectivity index (χ1v) is 8.85. The number of rotatable bonds is 8. The normalized spacial score (nSPS) is 11.0. The highest BCUT2D eigenvalue weighted by Crippen LogP contribution is 2.13. The molecule has 2 N–H and O–H groups in total. The predicted octanol–water partition coefficient (Wildman–Crippen LogP) is 3.02. The second kappa shape index (κ2) is 8.89. The second-order valence-electron chi connectivity index (χ2n) is 5.23. The molecule has 6 nitrogen and oxygen atoms in total. The van der Waals surface area contributed by atoms with Gasteiger partial charge in [-0.15, -0.1) is 5.10 Å². The number of furan rings is 1. The summed E-state index contributed by atoms with van der Waals surface area (Å²) in [5.41, 5.74) is 1.21. The molecule has 7 heteroatoms. The van der Waals surface area contributed by atoms with E-state index in [1.165, 1.54) is 17.3 Å². The van der Waals surface area contributed by atoms with Crippen LogP contribution in [0.1, 0.15) is 17.1 Å². The molecule has 1 aromatic carbocycles. The van der Waals surface area contributed by atoms with Gasteiger partial charge in [0, 0.05) is 6.54 Å². The molecule has 0 aliphatic carbocycles. The van der Waals surface area contributed by atoms with Crippen LogP contribution in [0.15, 0.2) is 58.3 Å². The first-order chi connectivity index (χ1) is 12.3. The summed E-state index contributed by atoms with van der Waals surface area (Å²) in [7, 11) is 0. The Morgan fingerprint density at radius 3 is 2.88 bits per heavy atom. The number of H-pyrrole nitrogens is 1. The van der Waals surface area contributed by atoms with Crippen LogP contribution in [-0.4, -0.2) is 33.4 Å². The molecule has 25 heavy (non-hydrogen) atoms. The minimum atomic E-state index is -0.0293. The summed E-state index contributed by atoms with van der Waals surface area (Å²) in [6, 6.07) is 13.7. The molecular weight excluding hydrogens is 336 g/mol. The van der Waals surface area contributed by atoms with Crippen molar-refractivity contribution in [3.05, 3.63) is 65.9 Å². The van der Waals surface area contributed by atoms with Gasteiger partial charge in [0.2, 0.25) is 11.1 Å². The summed E-state index contributed by atoms with van der Waals surface area (Å²) in [5, 5.41) is 10.3. The highest BCUT2D eigenvalue weighted by atomic mass is 32.2. The molecule has 3 aromatic rings. The molecule has 0 fully saturated rings. The summed E-state index contributed by atoms with van der Waals surface area (Å²) in [6.45, 7) is 0.620. The monoisotopic (exact) mass is 354 g/mol. The van der Waals surface area contributed by atoms with Gasteiger partial charge in [-0.05, 0) is 36.3 Å². The Morgan fingerprint density at radius 2 is 2.08 bits per heavy atom. The van der Waals surface area contributed by atoms with Crippen LogP contribution in [-0.2, 0) is 11.2 Å². The van der Waals surface area contributed by atoms with Crippen molar-refractivity contribution in [1.82, 2.24) is 20.5 Å². The number of thioether (sulfide) groups is 1. The number of hydrogen-bond acceptors (Lipinski definition) is 5. The van der Waals surface area contributed by atoms with Crippen LogP contribution in [0.5, 0.6) is 0 Å². The van der Waals surface area contributed by atoms with E-state index in [4.69, 9.17) is 4.42 Å². The van der Waals surface area contributed by atoms with Crippen LogP contribution in [0, 0.1) is 0 Å². The zero-order chi connectivity index (χ0) is 17.3. The van der Waals surface area contributed by atoms with Crippen LogP contribution < -0.4 is 5.32 Å². The fraction of sp³-hybridized carbons (Fsp3) is 0.167. The number of aromatic amines is 1. The minimum absolute atomic E-state index is 0.0293. The fourth-order valence-electron chi connectivity index (χ4n) is 2.12. The zero-order valence-electron chi connectivity index (χ0n) is 13.5. The Kier molecular flexibility index (Phi) is 6.06. The number of benzene rings is 1. The maximum absolute atomic E-state index is 11.9. The highest BCUT2D eigenvalue weighted by molar-refractivity contribution is 7.99. The quantitative estimate of drug-likeness (QED) is 0.608. The van der Waals surface area contributed by atoms with E-state index in [0.717, 1.165) is 12.2 Å². The standard InChI is InChI=1S/C18H18N4O2S/c23-17(19-11-10-14-5-2-1-3-6-14)13-25-18-20-16(21-22-18)9-8-15-7-4-12-24-15/h1-9,12H,10-11,13H2,(H,19,23)(H,20,21,22)/b9-8+. The number of nitrogens with one attached hydrogen (secondary N) is 2. The first-order valence-electron chi connectivity index (χ1n) is 7.87. The van der Waals surface area contributed by atoms with Crippen molar-refractivity contribution >= 4 is 29.8 Å². The lowest BCUT2D eigenvalue weighted by molar-refractivity contribution is -0.118. The summed E-state index contributed by atoms with van der Waals surface area (Å²) < 4.78 is 5.20. The second-order valence-corrected chi connectivity index (χ2v) is 6.17. The van der Waals surface area contributed by atoms with E-state index < -0.39 is 0 Å². The van der Waals surface area contributed by atoms with Gasteiger partial charge in [-0.3, -0.25) is 9.89 Å². The Morgan fingerprint density at radius 1 is 1.20 bits per heavy atom. The smallest absolute Gasteiger partial charge is 0.230 e. The van der Waals surface area contributed by atoms with Crippen molar-refractivity contribution in [2.75, 3.05) is 12.3 Å². The minimum Gasteiger partial charge on any atom is -0.465 e. The van der Waals surface area contributed by atoms with Crippen molar-refractivity contribution in [3.8, 4) is 0 Å². The Hall–Kier alpha value is -2.80. The number of hydrogen-bond donors (Lipinski definition) is 2. The van der Waals surface area contributed by atoms with E-state index in [9.17, 15) is 4.79 Å². The van der Waals surface area contributed by atoms with Gasteiger partial charge < -0.3 is 9.73 Å². The molecule has 0 unspecified atom stereocenters. The highest BCUT2D eigenvalue weighted by Gasteiger charge is 2.06. The maximum atomic E-state index is 11.9. The number of nitrogens with zero attached hydrogens (tertiary/aromatic N) is 2. The Bertz CT molecular complexity index is 813. The van der Waals surface area contributed by atoms with Crippen LogP contribution in [0.3, 0.4) is 0 Å². The molecule has 2 heterocycles. The molecule has 0 spiro atoms. The van der Waals surface area contributed by atoms with Crippen molar-refractivity contribution in [3.63, 3.8) is 0 Å². The van der Waals surface area contributed by atoms with Crippen LogP contribution >= 0.6 is 11.8 Å². The van der Waals surface area contributed by atoms with E-state index >= 15 is 0 Å². The lowest BCUT2D eigenvalue weighted by Crippen LogP contribution is -2.27. The zero-order valence-corrected chi connectivity index (χ0v) is 14.3. The average molecular weight is 354 g/mol. The van der Waals surface area contributed by atoms with Crippen LogP contribution in [0.25, 0.3) is 12.2 Å². The Balaban J connectivity index is 1.39. The van der Waals surface area contributed by atoms with Gasteiger partial charge in [-0.2, -0.15) is 0 Å². The Labute approximate surface area is 149 Å². The van der Waals surface area contributed by atoms with Crippen molar-refractivity contribution in [2.45, 2.75) is 11.6 Å². The number of aromatic nitrogens is 3. The molecule has 2 aromatic heterocycles. The summed E-state index contributed by atoms with van der Waals surface area (Å²) in [6.07, 6.45) is 6.00.